The van der Waals surface area contributed by atoms with Crippen molar-refractivity contribution in [3.05, 3.63) is 12.4 Å². The molecule has 0 radical (unpaired) electrons. The van der Waals surface area contributed by atoms with Gasteiger partial charge in [-0.3, -0.25) is 0 Å². The number of hydrogen-bond acceptors (Lipinski definition) is 5. The minimum atomic E-state index is 0.599. The Balaban J connectivity index is 2.10. The fourth-order valence-electron chi connectivity index (χ4n) is 2.12. The van der Waals surface area contributed by atoms with Crippen LogP contribution in [0.2, 0.25) is 0 Å². The molecule has 1 aromatic heterocycles. The van der Waals surface area contributed by atoms with E-state index < -0.39 is 0 Å². The quantitative estimate of drug-likeness (QED) is 0.786. The summed E-state index contributed by atoms with van der Waals surface area (Å²) in [5, 5.41) is 3.03. The highest BCUT2D eigenvalue weighted by molar-refractivity contribution is 5.48. The van der Waals surface area contributed by atoms with Crippen molar-refractivity contribution in [1.82, 2.24) is 9.97 Å². The Labute approximate surface area is 96.1 Å². The van der Waals surface area contributed by atoms with Crippen molar-refractivity contribution >= 4 is 11.6 Å². The van der Waals surface area contributed by atoms with E-state index in [4.69, 9.17) is 5.73 Å². The van der Waals surface area contributed by atoms with Crippen LogP contribution in [0.4, 0.5) is 11.6 Å². The molecule has 0 unspecified atom stereocenters. The zero-order valence-electron chi connectivity index (χ0n) is 9.69. The lowest BCUT2D eigenvalue weighted by Crippen LogP contribution is -2.38. The van der Waals surface area contributed by atoms with Crippen molar-refractivity contribution in [2.45, 2.75) is 12.8 Å². The normalized spacial score (nSPS) is 20.9. The monoisotopic (exact) mass is 221 g/mol. The number of nitrogens with zero attached hydrogens (tertiary/aromatic N) is 3. The van der Waals surface area contributed by atoms with Gasteiger partial charge in [0, 0.05) is 26.2 Å². The van der Waals surface area contributed by atoms with Crippen LogP contribution in [-0.2, 0) is 0 Å². The van der Waals surface area contributed by atoms with Gasteiger partial charge in [0.1, 0.15) is 18.0 Å². The summed E-state index contributed by atoms with van der Waals surface area (Å²) < 4.78 is 0. The third-order valence-electron chi connectivity index (χ3n) is 3.09. The average molecular weight is 221 g/mol. The van der Waals surface area contributed by atoms with Gasteiger partial charge in [-0.15, -0.1) is 0 Å². The van der Waals surface area contributed by atoms with Crippen LogP contribution in [-0.4, -0.2) is 36.6 Å². The maximum atomic E-state index is 5.73. The minimum Gasteiger partial charge on any atom is -0.373 e. The van der Waals surface area contributed by atoms with Crippen molar-refractivity contribution in [3.63, 3.8) is 0 Å². The maximum absolute atomic E-state index is 5.73. The molecular formula is C11H19N5. The van der Waals surface area contributed by atoms with E-state index in [-0.39, 0.29) is 0 Å². The Morgan fingerprint density at radius 2 is 2.44 bits per heavy atom. The summed E-state index contributed by atoms with van der Waals surface area (Å²) in [4.78, 5) is 10.7. The summed E-state index contributed by atoms with van der Waals surface area (Å²) in [5.74, 6) is 2.46. The lowest BCUT2D eigenvalue weighted by atomic mass is 9.98. The number of aromatic nitrogens is 2. The number of rotatable bonds is 3. The van der Waals surface area contributed by atoms with Gasteiger partial charge < -0.3 is 16.0 Å². The van der Waals surface area contributed by atoms with Gasteiger partial charge in [-0.1, -0.05) is 0 Å². The Bertz CT molecular complexity index is 341. The fraction of sp³-hybridized carbons (Fsp3) is 0.636. The molecule has 0 spiro atoms. The Kier molecular flexibility index (Phi) is 3.56. The molecule has 5 nitrogen and oxygen atoms in total. The van der Waals surface area contributed by atoms with Crippen molar-refractivity contribution in [2.24, 2.45) is 11.7 Å². The molecule has 1 atom stereocenters. The zero-order valence-corrected chi connectivity index (χ0v) is 9.69. The third-order valence-corrected chi connectivity index (χ3v) is 3.09. The summed E-state index contributed by atoms with van der Waals surface area (Å²) in [6, 6.07) is 1.99. The molecule has 5 heteroatoms. The summed E-state index contributed by atoms with van der Waals surface area (Å²) in [6.45, 7) is 2.84. The van der Waals surface area contributed by atoms with Gasteiger partial charge >= 0.3 is 0 Å². The summed E-state index contributed by atoms with van der Waals surface area (Å²) in [7, 11) is 1.87. The molecule has 1 aliphatic heterocycles. The lowest BCUT2D eigenvalue weighted by Gasteiger charge is -2.33. The minimum absolute atomic E-state index is 0.599. The van der Waals surface area contributed by atoms with E-state index in [2.05, 4.69) is 20.2 Å². The molecule has 0 aliphatic carbocycles. The Morgan fingerprint density at radius 1 is 1.56 bits per heavy atom. The molecule has 2 heterocycles. The molecule has 1 aromatic rings. The van der Waals surface area contributed by atoms with Crippen LogP contribution in [0.3, 0.4) is 0 Å². The van der Waals surface area contributed by atoms with Gasteiger partial charge in [-0.25, -0.2) is 9.97 Å². The first-order valence-electron chi connectivity index (χ1n) is 5.78. The van der Waals surface area contributed by atoms with Crippen molar-refractivity contribution in [2.75, 3.05) is 36.9 Å². The van der Waals surface area contributed by atoms with Gasteiger partial charge in [0.15, 0.2) is 0 Å². The molecule has 0 amide bonds. The molecule has 1 aliphatic rings. The van der Waals surface area contributed by atoms with Gasteiger partial charge in [-0.05, 0) is 25.3 Å². The predicted molar refractivity (Wildman–Crippen MR) is 65.6 cm³/mol. The predicted octanol–water partition coefficient (Wildman–Crippen LogP) is 0.693. The fourth-order valence-corrected chi connectivity index (χ4v) is 2.12. The molecule has 16 heavy (non-hydrogen) atoms. The van der Waals surface area contributed by atoms with Gasteiger partial charge in [0.05, 0.1) is 0 Å². The third kappa shape index (κ3) is 2.41. The smallest absolute Gasteiger partial charge is 0.134 e. The Hall–Kier alpha value is -1.36. The van der Waals surface area contributed by atoms with Crippen LogP contribution in [0.5, 0.6) is 0 Å². The van der Waals surface area contributed by atoms with Crippen molar-refractivity contribution in [3.8, 4) is 0 Å². The second-order valence-electron chi connectivity index (χ2n) is 4.20. The van der Waals surface area contributed by atoms with E-state index in [1.54, 1.807) is 6.33 Å². The van der Waals surface area contributed by atoms with Crippen LogP contribution >= 0.6 is 0 Å². The molecule has 3 N–H and O–H groups in total. The molecule has 2 rings (SSSR count). The van der Waals surface area contributed by atoms with Crippen molar-refractivity contribution in [1.29, 1.82) is 0 Å². The van der Waals surface area contributed by atoms with E-state index in [1.165, 1.54) is 12.8 Å². The van der Waals surface area contributed by atoms with E-state index in [0.717, 1.165) is 31.3 Å². The molecular weight excluding hydrogens is 202 g/mol. The van der Waals surface area contributed by atoms with Crippen LogP contribution in [0, 0.1) is 5.92 Å². The first kappa shape index (κ1) is 11.1. The summed E-state index contributed by atoms with van der Waals surface area (Å²) >= 11 is 0. The van der Waals surface area contributed by atoms with Crippen LogP contribution in [0.15, 0.2) is 12.4 Å². The van der Waals surface area contributed by atoms with E-state index in [1.807, 2.05) is 13.1 Å². The van der Waals surface area contributed by atoms with Crippen molar-refractivity contribution < 1.29 is 0 Å². The summed E-state index contributed by atoms with van der Waals surface area (Å²) in [6.07, 6.45) is 4.03. The van der Waals surface area contributed by atoms with Gasteiger partial charge in [0.25, 0.3) is 0 Å². The highest BCUT2D eigenvalue weighted by Crippen LogP contribution is 2.21. The number of nitrogens with two attached hydrogens (primary N) is 1. The van der Waals surface area contributed by atoms with E-state index in [9.17, 15) is 0 Å². The average Bonchev–Trinajstić information content (AvgIpc) is 2.39. The molecule has 0 aromatic carbocycles. The Morgan fingerprint density at radius 3 is 3.19 bits per heavy atom. The highest BCUT2D eigenvalue weighted by atomic mass is 15.2. The SMILES string of the molecule is CNc1cc(N2CCC[C@@H](CN)C2)ncn1. The zero-order chi connectivity index (χ0) is 11.4. The first-order valence-corrected chi connectivity index (χ1v) is 5.78. The van der Waals surface area contributed by atoms with Crippen LogP contribution < -0.4 is 16.0 Å². The highest BCUT2D eigenvalue weighted by Gasteiger charge is 2.19. The number of hydrogen-bond donors (Lipinski definition) is 2. The molecule has 0 saturated carbocycles. The van der Waals surface area contributed by atoms with Gasteiger partial charge in [-0.2, -0.15) is 0 Å². The van der Waals surface area contributed by atoms with Gasteiger partial charge in [0.2, 0.25) is 0 Å². The van der Waals surface area contributed by atoms with E-state index >= 15 is 0 Å². The first-order chi connectivity index (χ1) is 7.83. The lowest BCUT2D eigenvalue weighted by molar-refractivity contribution is 0.421. The maximum Gasteiger partial charge on any atom is 0.134 e. The van der Waals surface area contributed by atoms with Crippen LogP contribution in [0.25, 0.3) is 0 Å². The molecule has 1 fully saturated rings. The number of nitrogens with one attached hydrogen (secondary N) is 1. The van der Waals surface area contributed by atoms with Crippen LogP contribution in [0.1, 0.15) is 12.8 Å². The molecule has 0 bridgehead atoms. The second kappa shape index (κ2) is 5.12. The second-order valence-corrected chi connectivity index (χ2v) is 4.20. The number of piperidine rings is 1. The largest absolute Gasteiger partial charge is 0.373 e. The molecule has 88 valence electrons. The standard InChI is InChI=1S/C11H19N5/c1-13-10-5-11(15-8-14-10)16-4-2-3-9(6-12)7-16/h5,8-9H,2-4,6-7,12H2,1H3,(H,13,14,15)/t9-/m0/s1. The summed E-state index contributed by atoms with van der Waals surface area (Å²) in [5.41, 5.74) is 5.73. The topological polar surface area (TPSA) is 67.1 Å². The molecule has 1 saturated heterocycles. The number of anilines is 2. The van der Waals surface area contributed by atoms with E-state index in [0.29, 0.717) is 5.92 Å².